The zero-order chi connectivity index (χ0) is 11.9. The van der Waals surface area contributed by atoms with Gasteiger partial charge >= 0.3 is 0 Å². The van der Waals surface area contributed by atoms with Gasteiger partial charge in [0.05, 0.1) is 0 Å². The van der Waals surface area contributed by atoms with E-state index in [0.29, 0.717) is 5.76 Å². The number of Topliss-reactive ketones (excluding diaryl/α,β-unsaturated/α-hetero) is 1. The molecular formula is C14H16O2. The molecule has 0 bridgehead atoms. The molecule has 0 saturated carbocycles. The van der Waals surface area contributed by atoms with E-state index in [0.717, 1.165) is 16.5 Å². The van der Waals surface area contributed by atoms with Gasteiger partial charge in [0, 0.05) is 11.3 Å². The fraction of sp³-hybridized carbons (Fsp3) is 0.357. The van der Waals surface area contributed by atoms with Crippen LogP contribution in [0.1, 0.15) is 35.5 Å². The number of ketones is 1. The van der Waals surface area contributed by atoms with Crippen LogP contribution in [-0.4, -0.2) is 5.78 Å². The largest absolute Gasteiger partial charge is 0.453 e. The molecule has 1 aromatic carbocycles. The molecule has 0 N–H and O–H groups in total. The molecule has 0 aliphatic carbocycles. The highest BCUT2D eigenvalue weighted by Crippen LogP contribution is 2.25. The summed E-state index contributed by atoms with van der Waals surface area (Å²) in [5.41, 5.74) is 3.10. The minimum atomic E-state index is -0.0260. The van der Waals surface area contributed by atoms with Crippen LogP contribution in [-0.2, 0) is 0 Å². The van der Waals surface area contributed by atoms with Crippen LogP contribution in [0.4, 0.5) is 0 Å². The molecule has 1 heterocycles. The maximum Gasteiger partial charge on any atom is 0.200 e. The van der Waals surface area contributed by atoms with Crippen molar-refractivity contribution >= 4 is 16.8 Å². The van der Waals surface area contributed by atoms with Crippen LogP contribution in [0.25, 0.3) is 11.0 Å². The van der Waals surface area contributed by atoms with E-state index >= 15 is 0 Å². The Hall–Kier alpha value is -1.57. The summed E-state index contributed by atoms with van der Waals surface area (Å²) in [5, 5.41) is 1.02. The van der Waals surface area contributed by atoms with Crippen LogP contribution in [0.15, 0.2) is 22.6 Å². The Bertz CT molecular complexity index is 547. The summed E-state index contributed by atoms with van der Waals surface area (Å²) >= 11 is 0. The number of hydrogen-bond donors (Lipinski definition) is 0. The van der Waals surface area contributed by atoms with Crippen molar-refractivity contribution in [2.24, 2.45) is 5.92 Å². The van der Waals surface area contributed by atoms with Gasteiger partial charge in [-0.3, -0.25) is 4.79 Å². The van der Waals surface area contributed by atoms with Gasteiger partial charge in [-0.15, -0.1) is 0 Å². The SMILES string of the molecule is Cc1cc(C)c2oc(C(=O)C(C)C)cc2c1. The number of rotatable bonds is 2. The molecule has 0 fully saturated rings. The number of benzene rings is 1. The van der Waals surface area contributed by atoms with Gasteiger partial charge in [-0.1, -0.05) is 25.5 Å². The molecule has 84 valence electrons. The lowest BCUT2D eigenvalue weighted by Crippen LogP contribution is -2.05. The number of hydrogen-bond acceptors (Lipinski definition) is 2. The van der Waals surface area contributed by atoms with E-state index in [-0.39, 0.29) is 11.7 Å². The van der Waals surface area contributed by atoms with Crippen molar-refractivity contribution in [2.45, 2.75) is 27.7 Å². The van der Waals surface area contributed by atoms with Crippen molar-refractivity contribution in [3.63, 3.8) is 0 Å². The van der Waals surface area contributed by atoms with E-state index in [1.54, 1.807) is 0 Å². The summed E-state index contributed by atoms with van der Waals surface area (Å²) < 4.78 is 5.63. The smallest absolute Gasteiger partial charge is 0.200 e. The van der Waals surface area contributed by atoms with Crippen molar-refractivity contribution < 1.29 is 9.21 Å². The molecule has 0 aliphatic rings. The number of carbonyl (C=O) groups excluding carboxylic acids is 1. The lowest BCUT2D eigenvalue weighted by atomic mass is 10.1. The summed E-state index contributed by atoms with van der Waals surface area (Å²) in [5.74, 6) is 0.508. The van der Waals surface area contributed by atoms with Crippen LogP contribution >= 0.6 is 0 Å². The fourth-order valence-electron chi connectivity index (χ4n) is 1.92. The maximum atomic E-state index is 11.8. The van der Waals surface area contributed by atoms with E-state index in [9.17, 15) is 4.79 Å². The Morgan fingerprint density at radius 2 is 1.88 bits per heavy atom. The van der Waals surface area contributed by atoms with E-state index < -0.39 is 0 Å². The quantitative estimate of drug-likeness (QED) is 0.713. The van der Waals surface area contributed by atoms with Crippen molar-refractivity contribution in [1.82, 2.24) is 0 Å². The third kappa shape index (κ3) is 1.75. The molecule has 0 unspecified atom stereocenters. The number of furan rings is 1. The lowest BCUT2D eigenvalue weighted by molar-refractivity contribution is 0.0913. The van der Waals surface area contributed by atoms with Crippen LogP contribution in [0.3, 0.4) is 0 Å². The summed E-state index contributed by atoms with van der Waals surface area (Å²) in [6.45, 7) is 7.81. The van der Waals surface area contributed by atoms with Gasteiger partial charge in [-0.2, -0.15) is 0 Å². The second-order valence-corrected chi connectivity index (χ2v) is 4.63. The summed E-state index contributed by atoms with van der Waals surface area (Å²) in [4.78, 5) is 11.8. The minimum absolute atomic E-state index is 0.0260. The zero-order valence-electron chi connectivity index (χ0n) is 10.1. The molecule has 2 rings (SSSR count). The highest BCUT2D eigenvalue weighted by Gasteiger charge is 2.16. The number of fused-ring (bicyclic) bond motifs is 1. The first-order valence-electron chi connectivity index (χ1n) is 5.54. The van der Waals surface area contributed by atoms with Crippen molar-refractivity contribution in [3.05, 3.63) is 35.1 Å². The Kier molecular flexibility index (Phi) is 2.58. The normalized spacial score (nSPS) is 11.3. The molecular weight excluding hydrogens is 200 g/mol. The monoisotopic (exact) mass is 216 g/mol. The van der Waals surface area contributed by atoms with Crippen molar-refractivity contribution in [2.75, 3.05) is 0 Å². The molecule has 0 saturated heterocycles. The first-order valence-corrected chi connectivity index (χ1v) is 5.54. The average Bonchev–Trinajstić information content (AvgIpc) is 2.60. The van der Waals surface area contributed by atoms with Gasteiger partial charge in [0.25, 0.3) is 0 Å². The van der Waals surface area contributed by atoms with E-state index in [4.69, 9.17) is 4.42 Å². The molecule has 16 heavy (non-hydrogen) atoms. The summed E-state index contributed by atoms with van der Waals surface area (Å²) in [6, 6.07) is 5.95. The lowest BCUT2D eigenvalue weighted by Gasteiger charge is -1.98. The first-order chi connectivity index (χ1) is 7.49. The Morgan fingerprint density at radius 3 is 2.50 bits per heavy atom. The predicted molar refractivity (Wildman–Crippen MR) is 64.9 cm³/mol. The molecule has 0 atom stereocenters. The molecule has 2 aromatic rings. The van der Waals surface area contributed by atoms with Crippen molar-refractivity contribution in [3.8, 4) is 0 Å². The van der Waals surface area contributed by atoms with Crippen LogP contribution in [0, 0.1) is 19.8 Å². The van der Waals surface area contributed by atoms with E-state index in [2.05, 4.69) is 6.07 Å². The fourth-order valence-corrected chi connectivity index (χ4v) is 1.92. The highest BCUT2D eigenvalue weighted by atomic mass is 16.3. The van der Waals surface area contributed by atoms with Crippen LogP contribution in [0.2, 0.25) is 0 Å². The third-order valence-corrected chi connectivity index (χ3v) is 2.71. The Balaban J connectivity index is 2.60. The predicted octanol–water partition coefficient (Wildman–Crippen LogP) is 3.89. The number of aryl methyl sites for hydroxylation is 2. The molecule has 1 aromatic heterocycles. The van der Waals surface area contributed by atoms with Crippen LogP contribution in [0.5, 0.6) is 0 Å². The first kappa shape index (κ1) is 10.9. The highest BCUT2D eigenvalue weighted by molar-refractivity contribution is 5.99. The topological polar surface area (TPSA) is 30.2 Å². The van der Waals surface area contributed by atoms with Gasteiger partial charge < -0.3 is 4.42 Å². The van der Waals surface area contributed by atoms with Gasteiger partial charge in [-0.25, -0.2) is 0 Å². The molecule has 0 amide bonds. The third-order valence-electron chi connectivity index (χ3n) is 2.71. The molecule has 0 spiro atoms. The van der Waals surface area contributed by atoms with E-state index in [1.807, 2.05) is 39.8 Å². The Morgan fingerprint density at radius 1 is 1.19 bits per heavy atom. The summed E-state index contributed by atoms with van der Waals surface area (Å²) in [7, 11) is 0. The second kappa shape index (κ2) is 3.78. The molecule has 0 radical (unpaired) electrons. The minimum Gasteiger partial charge on any atom is -0.453 e. The van der Waals surface area contributed by atoms with Crippen LogP contribution < -0.4 is 0 Å². The maximum absolute atomic E-state index is 11.8. The Labute approximate surface area is 95.3 Å². The van der Waals surface area contributed by atoms with Crippen molar-refractivity contribution in [1.29, 1.82) is 0 Å². The van der Waals surface area contributed by atoms with Gasteiger partial charge in [0.1, 0.15) is 5.58 Å². The summed E-state index contributed by atoms with van der Waals surface area (Å²) in [6.07, 6.45) is 0. The van der Waals surface area contributed by atoms with Gasteiger partial charge in [0.2, 0.25) is 5.78 Å². The second-order valence-electron chi connectivity index (χ2n) is 4.63. The van der Waals surface area contributed by atoms with Gasteiger partial charge in [-0.05, 0) is 31.5 Å². The standard InChI is InChI=1S/C14H16O2/c1-8(2)13(15)12-7-11-6-9(3)5-10(4)14(11)16-12/h5-8H,1-4H3. The zero-order valence-corrected chi connectivity index (χ0v) is 10.1. The van der Waals surface area contributed by atoms with Gasteiger partial charge in [0.15, 0.2) is 5.76 Å². The molecule has 2 nitrogen and oxygen atoms in total. The number of carbonyl (C=O) groups is 1. The average molecular weight is 216 g/mol. The molecule has 2 heteroatoms. The van der Waals surface area contributed by atoms with E-state index in [1.165, 1.54) is 5.56 Å². The molecule has 0 aliphatic heterocycles.